The predicted molar refractivity (Wildman–Crippen MR) is 69.8 cm³/mol. The number of rotatable bonds is 3. The topological polar surface area (TPSA) is 65.9 Å². The Balaban J connectivity index is 2.15. The highest BCUT2D eigenvalue weighted by atomic mass is 32.1. The van der Waals surface area contributed by atoms with Crippen LogP contribution in [0.1, 0.15) is 10.4 Å². The van der Waals surface area contributed by atoms with E-state index in [1.165, 1.54) is 11.3 Å². The summed E-state index contributed by atoms with van der Waals surface area (Å²) in [7, 11) is 1.97. The van der Waals surface area contributed by atoms with E-state index in [1.807, 2.05) is 31.4 Å². The Hall–Kier alpha value is -2.06. The normalized spacial score (nSPS) is 9.88. The average molecular weight is 244 g/mol. The molecule has 0 aliphatic heterocycles. The van der Waals surface area contributed by atoms with Crippen LogP contribution >= 0.6 is 11.3 Å². The zero-order valence-corrected chi connectivity index (χ0v) is 10.2. The fraction of sp³-hybridized carbons (Fsp3) is 0.167. The molecule has 0 saturated carbocycles. The highest BCUT2D eigenvalue weighted by Gasteiger charge is 2.09. The minimum Gasteiger partial charge on any atom is -0.397 e. The molecule has 2 aromatic rings. The maximum absolute atomic E-state index is 8.86. The van der Waals surface area contributed by atoms with Gasteiger partial charge in [0.2, 0.25) is 0 Å². The third-order valence-corrected chi connectivity index (χ3v) is 3.54. The van der Waals surface area contributed by atoms with Crippen molar-refractivity contribution in [2.75, 3.05) is 17.7 Å². The van der Waals surface area contributed by atoms with Crippen molar-refractivity contribution in [3.63, 3.8) is 0 Å². The Labute approximate surface area is 104 Å². The lowest BCUT2D eigenvalue weighted by Crippen LogP contribution is -2.14. The standard InChI is InChI=1S/C12H12N4S/c1-16(8-9-3-2-4-15-7-9)12-5-10(14)11(6-13)17-12/h2-5,7H,8,14H2,1H3. The summed E-state index contributed by atoms with van der Waals surface area (Å²) in [5.41, 5.74) is 7.40. The van der Waals surface area contributed by atoms with Crippen molar-refractivity contribution < 1.29 is 0 Å². The second-order valence-corrected chi connectivity index (χ2v) is 4.73. The maximum atomic E-state index is 8.86. The van der Waals surface area contributed by atoms with Crippen LogP contribution in [0.2, 0.25) is 0 Å². The molecule has 0 unspecified atom stereocenters. The Morgan fingerprint density at radius 1 is 1.59 bits per heavy atom. The molecule has 0 atom stereocenters. The molecule has 4 nitrogen and oxygen atoms in total. The van der Waals surface area contributed by atoms with Crippen LogP contribution in [0.3, 0.4) is 0 Å². The third-order valence-electron chi connectivity index (χ3n) is 2.37. The number of thiophene rings is 1. The molecule has 0 saturated heterocycles. The van der Waals surface area contributed by atoms with Crippen molar-refractivity contribution >= 4 is 22.0 Å². The van der Waals surface area contributed by atoms with Gasteiger partial charge in [0.15, 0.2) is 0 Å². The minimum absolute atomic E-state index is 0.547. The first-order chi connectivity index (χ1) is 8.20. The first-order valence-electron chi connectivity index (χ1n) is 5.10. The smallest absolute Gasteiger partial charge is 0.129 e. The molecule has 2 heterocycles. The number of hydrogen-bond donors (Lipinski definition) is 1. The summed E-state index contributed by atoms with van der Waals surface area (Å²) in [4.78, 5) is 6.69. The van der Waals surface area contributed by atoms with Crippen LogP contribution in [0.4, 0.5) is 10.7 Å². The summed E-state index contributed by atoms with van der Waals surface area (Å²) in [5, 5.41) is 9.84. The van der Waals surface area contributed by atoms with Crippen molar-refractivity contribution in [2.24, 2.45) is 0 Å². The van der Waals surface area contributed by atoms with Crippen LogP contribution in [0.5, 0.6) is 0 Å². The van der Waals surface area contributed by atoms with Gasteiger partial charge in [0.1, 0.15) is 10.9 Å². The van der Waals surface area contributed by atoms with E-state index in [0.717, 1.165) is 17.1 Å². The van der Waals surface area contributed by atoms with Crippen molar-refractivity contribution in [1.82, 2.24) is 4.98 Å². The van der Waals surface area contributed by atoms with E-state index >= 15 is 0 Å². The van der Waals surface area contributed by atoms with Crippen LogP contribution in [-0.4, -0.2) is 12.0 Å². The Morgan fingerprint density at radius 3 is 3.00 bits per heavy atom. The zero-order chi connectivity index (χ0) is 12.3. The number of nitrogen functional groups attached to an aromatic ring is 1. The lowest BCUT2D eigenvalue weighted by molar-refractivity contribution is 0.926. The van der Waals surface area contributed by atoms with Crippen LogP contribution in [0, 0.1) is 11.3 Å². The summed E-state index contributed by atoms with van der Waals surface area (Å²) >= 11 is 1.41. The zero-order valence-electron chi connectivity index (χ0n) is 9.42. The molecule has 2 N–H and O–H groups in total. The summed E-state index contributed by atoms with van der Waals surface area (Å²) in [6.07, 6.45) is 3.58. The van der Waals surface area contributed by atoms with Crippen LogP contribution in [0.25, 0.3) is 0 Å². The Morgan fingerprint density at radius 2 is 2.41 bits per heavy atom. The van der Waals surface area contributed by atoms with Gasteiger partial charge in [-0.1, -0.05) is 6.07 Å². The van der Waals surface area contributed by atoms with Gasteiger partial charge in [-0.05, 0) is 17.7 Å². The molecule has 0 radical (unpaired) electrons. The summed E-state index contributed by atoms with van der Waals surface area (Å²) in [5.74, 6) is 0. The molecule has 2 aromatic heterocycles. The van der Waals surface area contributed by atoms with Crippen LogP contribution in [-0.2, 0) is 6.54 Å². The molecule has 0 spiro atoms. The quantitative estimate of drug-likeness (QED) is 0.899. The van der Waals surface area contributed by atoms with E-state index < -0.39 is 0 Å². The number of anilines is 2. The van der Waals surface area contributed by atoms with Crippen molar-refractivity contribution in [3.05, 3.63) is 41.0 Å². The van der Waals surface area contributed by atoms with Crippen molar-refractivity contribution in [1.29, 1.82) is 5.26 Å². The number of aromatic nitrogens is 1. The van der Waals surface area contributed by atoms with Gasteiger partial charge in [-0.3, -0.25) is 4.98 Å². The second-order valence-electron chi connectivity index (χ2n) is 3.70. The molecule has 17 heavy (non-hydrogen) atoms. The first kappa shape index (κ1) is 11.4. The average Bonchev–Trinajstić information content (AvgIpc) is 2.72. The molecule has 86 valence electrons. The van der Waals surface area contributed by atoms with Gasteiger partial charge in [0.25, 0.3) is 0 Å². The molecule has 0 aliphatic rings. The molecule has 0 amide bonds. The monoisotopic (exact) mass is 244 g/mol. The van der Waals surface area contributed by atoms with Crippen LogP contribution in [0.15, 0.2) is 30.6 Å². The van der Waals surface area contributed by atoms with Crippen molar-refractivity contribution in [3.8, 4) is 6.07 Å². The predicted octanol–water partition coefficient (Wildman–Crippen LogP) is 2.23. The first-order valence-corrected chi connectivity index (χ1v) is 5.92. The molecular weight excluding hydrogens is 232 g/mol. The van der Waals surface area contributed by atoms with Gasteiger partial charge in [0.05, 0.1) is 10.7 Å². The van der Waals surface area contributed by atoms with Gasteiger partial charge < -0.3 is 10.6 Å². The Bertz CT molecular complexity index is 541. The fourth-order valence-corrected chi connectivity index (χ4v) is 2.35. The fourth-order valence-electron chi connectivity index (χ4n) is 1.51. The van der Waals surface area contributed by atoms with Crippen molar-refractivity contribution in [2.45, 2.75) is 6.54 Å². The van der Waals surface area contributed by atoms with E-state index in [-0.39, 0.29) is 0 Å². The number of nitriles is 1. The Kier molecular flexibility index (Phi) is 3.26. The minimum atomic E-state index is 0.547. The highest BCUT2D eigenvalue weighted by Crippen LogP contribution is 2.31. The lowest BCUT2D eigenvalue weighted by atomic mass is 10.3. The van der Waals surface area contributed by atoms with E-state index in [4.69, 9.17) is 11.0 Å². The van der Waals surface area contributed by atoms with Gasteiger partial charge in [0, 0.05) is 26.0 Å². The summed E-state index contributed by atoms with van der Waals surface area (Å²) in [6.45, 7) is 0.749. The lowest BCUT2D eigenvalue weighted by Gasteiger charge is -2.16. The third kappa shape index (κ3) is 2.55. The molecular formula is C12H12N4S. The van der Waals surface area contributed by atoms with E-state index in [0.29, 0.717) is 10.6 Å². The summed E-state index contributed by atoms with van der Waals surface area (Å²) < 4.78 is 0. The number of nitrogens with two attached hydrogens (primary N) is 1. The number of pyridine rings is 1. The molecule has 0 aliphatic carbocycles. The van der Waals surface area contributed by atoms with E-state index in [1.54, 1.807) is 6.20 Å². The van der Waals surface area contributed by atoms with Crippen LogP contribution < -0.4 is 10.6 Å². The molecule has 2 rings (SSSR count). The summed E-state index contributed by atoms with van der Waals surface area (Å²) in [6, 6.07) is 7.85. The molecule has 5 heteroatoms. The van der Waals surface area contributed by atoms with Gasteiger partial charge in [-0.25, -0.2) is 0 Å². The van der Waals surface area contributed by atoms with Gasteiger partial charge in [-0.2, -0.15) is 5.26 Å². The molecule has 0 bridgehead atoms. The largest absolute Gasteiger partial charge is 0.397 e. The van der Waals surface area contributed by atoms with Gasteiger partial charge in [-0.15, -0.1) is 11.3 Å². The van der Waals surface area contributed by atoms with Gasteiger partial charge >= 0.3 is 0 Å². The second kappa shape index (κ2) is 4.85. The van der Waals surface area contributed by atoms with E-state index in [2.05, 4.69) is 16.0 Å². The number of nitrogens with zero attached hydrogens (tertiary/aromatic N) is 3. The number of hydrogen-bond acceptors (Lipinski definition) is 5. The molecule has 0 fully saturated rings. The molecule has 0 aromatic carbocycles. The maximum Gasteiger partial charge on any atom is 0.129 e. The van der Waals surface area contributed by atoms with E-state index in [9.17, 15) is 0 Å². The highest BCUT2D eigenvalue weighted by molar-refractivity contribution is 7.17. The SMILES string of the molecule is CN(Cc1cccnc1)c1cc(N)c(C#N)s1.